The van der Waals surface area contributed by atoms with Crippen molar-refractivity contribution in [1.29, 1.82) is 5.26 Å². The highest BCUT2D eigenvalue weighted by Gasteiger charge is 2.31. The molecular weight excluding hydrogens is 283 g/mol. The molecule has 2 rings (SSSR count). The standard InChI is InChI=1S/C14H14F3N3O/c15-14(16,17)10-4-2-5-11(7-10)19-13(21)20-12-6-1-3-9(12)8-18/h2,4-5,7,9,12H,1,3,6H2,(H2,19,20,21). The normalized spacial score (nSPS) is 21.6. The van der Waals surface area contributed by atoms with Crippen molar-refractivity contribution in [2.75, 3.05) is 5.32 Å². The third-order valence-electron chi connectivity index (χ3n) is 3.45. The van der Waals surface area contributed by atoms with Crippen LogP contribution < -0.4 is 10.6 Å². The molecule has 0 saturated heterocycles. The van der Waals surface area contributed by atoms with Crippen LogP contribution in [0.25, 0.3) is 0 Å². The Morgan fingerprint density at radius 2 is 2.10 bits per heavy atom. The molecule has 7 heteroatoms. The van der Waals surface area contributed by atoms with Crippen molar-refractivity contribution in [2.45, 2.75) is 31.5 Å². The van der Waals surface area contributed by atoms with Crippen LogP contribution >= 0.6 is 0 Å². The Kier molecular flexibility index (Phi) is 4.36. The molecule has 1 aromatic rings. The van der Waals surface area contributed by atoms with Gasteiger partial charge < -0.3 is 10.6 Å². The highest BCUT2D eigenvalue weighted by atomic mass is 19.4. The zero-order valence-electron chi connectivity index (χ0n) is 11.1. The lowest BCUT2D eigenvalue weighted by molar-refractivity contribution is -0.137. The van der Waals surface area contributed by atoms with E-state index in [9.17, 15) is 18.0 Å². The van der Waals surface area contributed by atoms with Crippen LogP contribution in [-0.2, 0) is 6.18 Å². The first-order chi connectivity index (χ1) is 9.90. The van der Waals surface area contributed by atoms with Crippen LogP contribution in [0.3, 0.4) is 0 Å². The van der Waals surface area contributed by atoms with Gasteiger partial charge in [-0.15, -0.1) is 0 Å². The summed E-state index contributed by atoms with van der Waals surface area (Å²) in [4.78, 5) is 11.8. The molecule has 112 valence electrons. The Morgan fingerprint density at radius 1 is 1.33 bits per heavy atom. The van der Waals surface area contributed by atoms with Crippen molar-refractivity contribution < 1.29 is 18.0 Å². The number of nitriles is 1. The predicted molar refractivity (Wildman–Crippen MR) is 70.3 cm³/mol. The van der Waals surface area contributed by atoms with Crippen LogP contribution in [0.5, 0.6) is 0 Å². The van der Waals surface area contributed by atoms with Crippen molar-refractivity contribution >= 4 is 11.7 Å². The fraction of sp³-hybridized carbons (Fsp3) is 0.429. The Balaban J connectivity index is 1.99. The van der Waals surface area contributed by atoms with E-state index in [0.29, 0.717) is 6.42 Å². The van der Waals surface area contributed by atoms with Crippen LogP contribution in [0.4, 0.5) is 23.7 Å². The largest absolute Gasteiger partial charge is 0.416 e. The van der Waals surface area contributed by atoms with Gasteiger partial charge in [-0.3, -0.25) is 0 Å². The number of anilines is 1. The molecule has 0 spiro atoms. The minimum absolute atomic E-state index is 0.0637. The number of amides is 2. The third-order valence-corrected chi connectivity index (χ3v) is 3.45. The molecule has 4 nitrogen and oxygen atoms in total. The second-order valence-electron chi connectivity index (χ2n) is 4.95. The smallest absolute Gasteiger partial charge is 0.334 e. The first-order valence-electron chi connectivity index (χ1n) is 6.54. The Morgan fingerprint density at radius 3 is 2.76 bits per heavy atom. The fourth-order valence-corrected chi connectivity index (χ4v) is 2.40. The number of hydrogen-bond donors (Lipinski definition) is 2. The summed E-state index contributed by atoms with van der Waals surface area (Å²) in [5, 5.41) is 13.9. The maximum atomic E-state index is 12.6. The first kappa shape index (κ1) is 15.2. The van der Waals surface area contributed by atoms with Gasteiger partial charge in [0.1, 0.15) is 0 Å². The summed E-state index contributed by atoms with van der Waals surface area (Å²) in [5.41, 5.74) is -0.759. The van der Waals surface area contributed by atoms with E-state index in [1.165, 1.54) is 12.1 Å². The van der Waals surface area contributed by atoms with Crippen molar-refractivity contribution in [2.24, 2.45) is 5.92 Å². The summed E-state index contributed by atoms with van der Waals surface area (Å²) in [7, 11) is 0. The first-order valence-corrected chi connectivity index (χ1v) is 6.54. The summed E-state index contributed by atoms with van der Waals surface area (Å²) in [6.07, 6.45) is -2.17. The number of carbonyl (C=O) groups excluding carboxylic acids is 1. The van der Waals surface area contributed by atoms with Gasteiger partial charge in [0, 0.05) is 11.7 Å². The fourth-order valence-electron chi connectivity index (χ4n) is 2.40. The van der Waals surface area contributed by atoms with E-state index < -0.39 is 17.8 Å². The lowest BCUT2D eigenvalue weighted by Crippen LogP contribution is -2.39. The molecule has 1 saturated carbocycles. The van der Waals surface area contributed by atoms with Gasteiger partial charge in [0.25, 0.3) is 0 Å². The minimum Gasteiger partial charge on any atom is -0.334 e. The molecule has 1 aromatic carbocycles. The summed E-state index contributed by atoms with van der Waals surface area (Å²) in [5.74, 6) is -0.239. The van der Waals surface area contributed by atoms with Gasteiger partial charge >= 0.3 is 12.2 Å². The lowest BCUT2D eigenvalue weighted by atomic mass is 10.1. The SMILES string of the molecule is N#CC1CCCC1NC(=O)Nc1cccc(C(F)(F)F)c1. The monoisotopic (exact) mass is 297 g/mol. The zero-order chi connectivity index (χ0) is 15.5. The number of alkyl halides is 3. The minimum atomic E-state index is -4.45. The van der Waals surface area contributed by atoms with E-state index in [2.05, 4.69) is 16.7 Å². The van der Waals surface area contributed by atoms with Gasteiger partial charge in [-0.1, -0.05) is 6.07 Å². The molecule has 0 bridgehead atoms. The third kappa shape index (κ3) is 3.88. The van der Waals surface area contributed by atoms with Gasteiger partial charge in [0.15, 0.2) is 0 Å². The van der Waals surface area contributed by atoms with Crippen LogP contribution in [0, 0.1) is 17.2 Å². The Hall–Kier alpha value is -2.23. The highest BCUT2D eigenvalue weighted by Crippen LogP contribution is 2.30. The molecule has 0 aliphatic heterocycles. The maximum absolute atomic E-state index is 12.6. The van der Waals surface area contributed by atoms with E-state index in [4.69, 9.17) is 5.26 Å². The summed E-state index contributed by atoms with van der Waals surface area (Å²) in [6, 6.07) is 5.69. The number of nitrogens with zero attached hydrogens (tertiary/aromatic N) is 1. The van der Waals surface area contributed by atoms with E-state index in [1.807, 2.05) is 0 Å². The van der Waals surface area contributed by atoms with Crippen molar-refractivity contribution in [3.8, 4) is 6.07 Å². The number of carbonyl (C=O) groups is 1. The summed E-state index contributed by atoms with van der Waals surface area (Å²) in [6.45, 7) is 0. The maximum Gasteiger partial charge on any atom is 0.416 e. The zero-order valence-corrected chi connectivity index (χ0v) is 11.1. The molecule has 0 aromatic heterocycles. The molecule has 1 aliphatic rings. The number of urea groups is 1. The van der Waals surface area contributed by atoms with Gasteiger partial charge in [-0.25, -0.2) is 4.79 Å². The van der Waals surface area contributed by atoms with Crippen LogP contribution in [0.2, 0.25) is 0 Å². The second kappa shape index (κ2) is 6.04. The molecule has 2 N–H and O–H groups in total. The molecule has 0 heterocycles. The predicted octanol–water partition coefficient (Wildman–Crippen LogP) is 3.52. The van der Waals surface area contributed by atoms with Crippen LogP contribution in [-0.4, -0.2) is 12.1 Å². The van der Waals surface area contributed by atoms with Gasteiger partial charge in [0.2, 0.25) is 0 Å². The molecule has 21 heavy (non-hydrogen) atoms. The molecule has 1 aliphatic carbocycles. The average molecular weight is 297 g/mol. The van der Waals surface area contributed by atoms with Crippen molar-refractivity contribution in [3.05, 3.63) is 29.8 Å². The van der Waals surface area contributed by atoms with Crippen LogP contribution in [0.1, 0.15) is 24.8 Å². The summed E-state index contributed by atoms with van der Waals surface area (Å²) < 4.78 is 37.7. The van der Waals surface area contributed by atoms with E-state index >= 15 is 0 Å². The van der Waals surface area contributed by atoms with E-state index in [-0.39, 0.29) is 17.6 Å². The quantitative estimate of drug-likeness (QED) is 0.877. The molecule has 2 unspecified atom stereocenters. The molecular formula is C14H14F3N3O. The average Bonchev–Trinajstić information content (AvgIpc) is 2.85. The molecule has 2 atom stereocenters. The molecule has 1 fully saturated rings. The van der Waals surface area contributed by atoms with E-state index in [1.54, 1.807) is 0 Å². The second-order valence-corrected chi connectivity index (χ2v) is 4.95. The van der Waals surface area contributed by atoms with Gasteiger partial charge in [-0.2, -0.15) is 18.4 Å². The highest BCUT2D eigenvalue weighted by molar-refractivity contribution is 5.89. The van der Waals surface area contributed by atoms with Gasteiger partial charge in [0.05, 0.1) is 17.6 Å². The number of hydrogen-bond acceptors (Lipinski definition) is 2. The molecule has 2 amide bonds. The van der Waals surface area contributed by atoms with Crippen LogP contribution in [0.15, 0.2) is 24.3 Å². The number of nitrogens with one attached hydrogen (secondary N) is 2. The van der Waals surface area contributed by atoms with Gasteiger partial charge in [-0.05, 0) is 37.5 Å². The topological polar surface area (TPSA) is 64.9 Å². The number of benzene rings is 1. The number of rotatable bonds is 2. The summed E-state index contributed by atoms with van der Waals surface area (Å²) >= 11 is 0. The van der Waals surface area contributed by atoms with E-state index in [0.717, 1.165) is 25.0 Å². The molecule has 0 radical (unpaired) electrons. The number of halogens is 3. The van der Waals surface area contributed by atoms with Crippen molar-refractivity contribution in [1.82, 2.24) is 5.32 Å². The Labute approximate surface area is 119 Å². The lowest BCUT2D eigenvalue weighted by Gasteiger charge is -2.16. The Bertz CT molecular complexity index is 565. The van der Waals surface area contributed by atoms with Crippen molar-refractivity contribution in [3.63, 3.8) is 0 Å².